The highest BCUT2D eigenvalue weighted by atomic mass is 19.3. The quantitative estimate of drug-likeness (QED) is 0.535. The summed E-state index contributed by atoms with van der Waals surface area (Å²) < 4.78 is 46.6. The molecule has 0 unspecified atom stereocenters. The van der Waals surface area contributed by atoms with E-state index in [2.05, 4.69) is 4.74 Å². The number of halogens is 4. The Morgan fingerprint density at radius 3 is 1.46 bits per heavy atom. The molecule has 0 saturated heterocycles. The van der Waals surface area contributed by atoms with Crippen molar-refractivity contribution in [2.75, 3.05) is 7.11 Å². The van der Waals surface area contributed by atoms with Crippen LogP contribution in [0.5, 0.6) is 0 Å². The molecule has 1 N–H and O–H groups in total. The fourth-order valence-corrected chi connectivity index (χ4v) is 0.0891. The van der Waals surface area contributed by atoms with Crippen molar-refractivity contribution in [3.63, 3.8) is 0 Å². The first kappa shape index (κ1) is 14.2. The molecular formula is C5H6F4O4. The molecule has 0 rings (SSSR count). The Balaban J connectivity index is 0. The van der Waals surface area contributed by atoms with E-state index in [1.165, 1.54) is 0 Å². The van der Waals surface area contributed by atoms with Crippen molar-refractivity contribution >= 4 is 11.9 Å². The molecule has 0 amide bonds. The zero-order chi connectivity index (χ0) is 11.0. The third-order valence-corrected chi connectivity index (χ3v) is 0.566. The zero-order valence-corrected chi connectivity index (χ0v) is 6.34. The van der Waals surface area contributed by atoms with Crippen molar-refractivity contribution < 1.29 is 37.0 Å². The minimum atomic E-state index is -3.23. The summed E-state index contributed by atoms with van der Waals surface area (Å²) in [7, 11) is 0.911. The van der Waals surface area contributed by atoms with E-state index >= 15 is 0 Å². The number of carbonyl (C=O) groups is 2. The van der Waals surface area contributed by atoms with Gasteiger partial charge in [-0.3, -0.25) is 0 Å². The van der Waals surface area contributed by atoms with Gasteiger partial charge in [-0.2, -0.15) is 17.6 Å². The van der Waals surface area contributed by atoms with Gasteiger partial charge in [0.1, 0.15) is 0 Å². The van der Waals surface area contributed by atoms with E-state index in [1.807, 2.05) is 0 Å². The fourth-order valence-electron chi connectivity index (χ4n) is 0.0891. The summed E-state index contributed by atoms with van der Waals surface area (Å²) in [4.78, 5) is 18.5. The maximum Gasteiger partial charge on any atom is 0.373 e. The van der Waals surface area contributed by atoms with E-state index in [0.29, 0.717) is 0 Å². The van der Waals surface area contributed by atoms with Crippen LogP contribution < -0.4 is 0 Å². The van der Waals surface area contributed by atoms with Crippen molar-refractivity contribution in [3.05, 3.63) is 0 Å². The average molecular weight is 206 g/mol. The summed E-state index contributed by atoms with van der Waals surface area (Å²) in [6.45, 7) is 0. The lowest BCUT2D eigenvalue weighted by Crippen LogP contribution is -2.10. The Bertz CT molecular complexity index is 170. The second kappa shape index (κ2) is 7.32. The second-order valence-electron chi connectivity index (χ2n) is 1.46. The van der Waals surface area contributed by atoms with Crippen LogP contribution in [0.4, 0.5) is 17.6 Å². The SMILES string of the molecule is COC(=O)C(F)F.O=C(O)C(F)F. The average Bonchev–Trinajstić information content (AvgIpc) is 2.03. The third-order valence-electron chi connectivity index (χ3n) is 0.566. The zero-order valence-electron chi connectivity index (χ0n) is 6.34. The molecule has 4 nitrogen and oxygen atoms in total. The van der Waals surface area contributed by atoms with E-state index in [0.717, 1.165) is 7.11 Å². The molecule has 8 heteroatoms. The summed E-state index contributed by atoms with van der Waals surface area (Å²) in [5.41, 5.74) is 0. The van der Waals surface area contributed by atoms with Gasteiger partial charge in [-0.1, -0.05) is 0 Å². The van der Waals surface area contributed by atoms with Gasteiger partial charge in [0.05, 0.1) is 7.11 Å². The van der Waals surface area contributed by atoms with Gasteiger partial charge in [0.2, 0.25) is 0 Å². The number of rotatable bonds is 2. The molecule has 13 heavy (non-hydrogen) atoms. The van der Waals surface area contributed by atoms with Crippen molar-refractivity contribution in [2.24, 2.45) is 0 Å². The number of ether oxygens (including phenoxy) is 1. The number of aliphatic carboxylic acids is 1. The molecule has 0 aliphatic rings. The lowest BCUT2D eigenvalue weighted by molar-refractivity contribution is -0.153. The topological polar surface area (TPSA) is 63.6 Å². The van der Waals surface area contributed by atoms with Crippen molar-refractivity contribution in [1.29, 1.82) is 0 Å². The number of hydrogen-bond donors (Lipinski definition) is 1. The molecule has 0 aromatic carbocycles. The number of carbonyl (C=O) groups excluding carboxylic acids is 1. The van der Waals surface area contributed by atoms with Gasteiger partial charge in [0, 0.05) is 0 Å². The van der Waals surface area contributed by atoms with Crippen LogP contribution in [0.3, 0.4) is 0 Å². The molecule has 0 spiro atoms. The van der Waals surface area contributed by atoms with E-state index in [1.54, 1.807) is 0 Å². The van der Waals surface area contributed by atoms with Crippen molar-refractivity contribution in [2.45, 2.75) is 12.9 Å². The first-order valence-electron chi connectivity index (χ1n) is 2.69. The van der Waals surface area contributed by atoms with Gasteiger partial charge in [-0.15, -0.1) is 0 Å². The van der Waals surface area contributed by atoms with Crippen LogP contribution in [0.25, 0.3) is 0 Å². The molecule has 78 valence electrons. The van der Waals surface area contributed by atoms with Crippen molar-refractivity contribution in [1.82, 2.24) is 0 Å². The summed E-state index contributed by atoms with van der Waals surface area (Å²) >= 11 is 0. The van der Waals surface area contributed by atoms with Crippen LogP contribution in [-0.4, -0.2) is 37.0 Å². The van der Waals surface area contributed by atoms with Crippen LogP contribution in [0, 0.1) is 0 Å². The largest absolute Gasteiger partial charge is 0.477 e. The van der Waals surface area contributed by atoms with Gasteiger partial charge in [0.15, 0.2) is 0 Å². The predicted octanol–water partition coefficient (Wildman–Crippen LogP) is 0.761. The molecule has 0 aromatic heterocycles. The van der Waals surface area contributed by atoms with E-state index in [9.17, 15) is 22.4 Å². The molecule has 0 aliphatic heterocycles. The van der Waals surface area contributed by atoms with Gasteiger partial charge in [-0.05, 0) is 0 Å². The van der Waals surface area contributed by atoms with E-state index in [-0.39, 0.29) is 0 Å². The molecular weight excluding hydrogens is 200 g/mol. The molecule has 0 bridgehead atoms. The highest BCUT2D eigenvalue weighted by molar-refractivity contribution is 5.72. The van der Waals surface area contributed by atoms with Gasteiger partial charge < -0.3 is 9.84 Å². The Morgan fingerprint density at radius 2 is 1.46 bits per heavy atom. The maximum atomic E-state index is 11.0. The van der Waals surface area contributed by atoms with Crippen LogP contribution in [0.15, 0.2) is 0 Å². The fraction of sp³-hybridized carbons (Fsp3) is 0.600. The molecule has 0 aromatic rings. The maximum absolute atomic E-state index is 11.0. The van der Waals surface area contributed by atoms with Gasteiger partial charge in [0.25, 0.3) is 0 Å². The van der Waals surface area contributed by atoms with Crippen LogP contribution in [0.2, 0.25) is 0 Å². The Labute approximate surface area is 70.1 Å². The summed E-state index contributed by atoms with van der Waals surface area (Å²) in [5, 5.41) is 7.24. The number of carboxylic acids is 1. The summed E-state index contributed by atoms with van der Waals surface area (Å²) in [5.74, 6) is -3.56. The summed E-state index contributed by atoms with van der Waals surface area (Å²) in [6, 6.07) is 0. The number of hydrogen-bond acceptors (Lipinski definition) is 3. The van der Waals surface area contributed by atoms with Crippen LogP contribution in [-0.2, 0) is 14.3 Å². The smallest absolute Gasteiger partial charge is 0.373 e. The predicted molar refractivity (Wildman–Crippen MR) is 31.7 cm³/mol. The molecule has 0 radical (unpaired) electrons. The highest BCUT2D eigenvalue weighted by Crippen LogP contribution is 1.92. The molecule has 0 atom stereocenters. The second-order valence-corrected chi connectivity index (χ2v) is 1.46. The minimum Gasteiger partial charge on any atom is -0.477 e. The Kier molecular flexibility index (Phi) is 7.99. The normalized spacial score (nSPS) is 9.15. The lowest BCUT2D eigenvalue weighted by Gasteiger charge is -1.91. The van der Waals surface area contributed by atoms with Crippen LogP contribution >= 0.6 is 0 Å². The number of alkyl halides is 4. The molecule has 0 fully saturated rings. The van der Waals surface area contributed by atoms with Gasteiger partial charge in [-0.25, -0.2) is 9.59 Å². The van der Waals surface area contributed by atoms with E-state index < -0.39 is 24.8 Å². The monoisotopic (exact) mass is 206 g/mol. The first-order valence-corrected chi connectivity index (χ1v) is 2.69. The molecule has 0 heterocycles. The molecule has 0 aliphatic carbocycles. The summed E-state index contributed by atoms with van der Waals surface area (Å²) in [6.07, 6.45) is -6.23. The Hall–Kier alpha value is -1.34. The molecule has 0 saturated carbocycles. The van der Waals surface area contributed by atoms with E-state index in [4.69, 9.17) is 9.90 Å². The first-order chi connectivity index (χ1) is 5.82. The third kappa shape index (κ3) is 10.7. The van der Waals surface area contributed by atoms with Crippen molar-refractivity contribution in [3.8, 4) is 0 Å². The number of methoxy groups -OCH3 is 1. The standard InChI is InChI=1S/C3H4F2O2.C2H2F2O2/c1-7-3(6)2(4)5;3-1(4)2(5)6/h2H,1H3;1H,(H,5,6). The Morgan fingerprint density at radius 1 is 1.15 bits per heavy atom. The van der Waals surface area contributed by atoms with Gasteiger partial charge >= 0.3 is 24.8 Å². The minimum absolute atomic E-state index is 0.911. The van der Waals surface area contributed by atoms with Crippen LogP contribution in [0.1, 0.15) is 0 Å². The number of carboxylic acid groups (broad SMARTS) is 1. The lowest BCUT2D eigenvalue weighted by atomic mass is 10.7. The highest BCUT2D eigenvalue weighted by Gasteiger charge is 2.13. The number of esters is 1.